The van der Waals surface area contributed by atoms with E-state index in [0.717, 1.165) is 31.4 Å². The molecule has 1 heterocycles. The van der Waals surface area contributed by atoms with Gasteiger partial charge in [0, 0.05) is 12.1 Å². The molecule has 16 heavy (non-hydrogen) atoms. The molecule has 0 aromatic carbocycles. The molecule has 1 aliphatic carbocycles. The minimum atomic E-state index is -0.347. The summed E-state index contributed by atoms with van der Waals surface area (Å²) in [4.78, 5) is 4.23. The topological polar surface area (TPSA) is 56.9 Å². The smallest absolute Gasteiger partial charge is 0.0937 e. The molecule has 3 atom stereocenters. The molecule has 3 heteroatoms. The predicted octanol–water partition coefficient (Wildman–Crippen LogP) is 2.24. The van der Waals surface area contributed by atoms with Gasteiger partial charge in [-0.05, 0) is 25.0 Å². The molecule has 1 N–H and O–H groups in total. The van der Waals surface area contributed by atoms with Crippen LogP contribution in [0.3, 0.4) is 0 Å². The van der Waals surface area contributed by atoms with Gasteiger partial charge in [-0.25, -0.2) is 0 Å². The third-order valence-corrected chi connectivity index (χ3v) is 3.36. The van der Waals surface area contributed by atoms with E-state index in [-0.39, 0.29) is 17.9 Å². The molecule has 0 radical (unpaired) electrons. The van der Waals surface area contributed by atoms with Crippen LogP contribution in [0.1, 0.15) is 37.3 Å². The van der Waals surface area contributed by atoms with Crippen LogP contribution in [0.5, 0.6) is 0 Å². The molecule has 3 nitrogen and oxygen atoms in total. The lowest BCUT2D eigenvalue weighted by atomic mass is 9.77. The molecule has 84 valence electrons. The van der Waals surface area contributed by atoms with Crippen LogP contribution >= 0.6 is 0 Å². The molecule has 1 aliphatic rings. The number of rotatable bonds is 2. The summed E-state index contributed by atoms with van der Waals surface area (Å²) in [5.41, 5.74) is 0.788. The van der Waals surface area contributed by atoms with Crippen LogP contribution in [0.15, 0.2) is 24.4 Å². The molecule has 0 bridgehead atoms. The van der Waals surface area contributed by atoms with Gasteiger partial charge >= 0.3 is 0 Å². The molecule has 0 amide bonds. The van der Waals surface area contributed by atoms with Crippen LogP contribution in [0.25, 0.3) is 0 Å². The SMILES string of the molecule is N#CC(c1ccccn1)[C@@H]1CCCC[C@H]1O. The Balaban J connectivity index is 2.20. The summed E-state index contributed by atoms with van der Waals surface area (Å²) in [7, 11) is 0. The molecule has 2 rings (SSSR count). The predicted molar refractivity (Wildman–Crippen MR) is 60.6 cm³/mol. The first kappa shape index (κ1) is 11.1. The highest BCUT2D eigenvalue weighted by atomic mass is 16.3. The van der Waals surface area contributed by atoms with Crippen LogP contribution in [-0.2, 0) is 0 Å². The van der Waals surface area contributed by atoms with Gasteiger partial charge in [-0.2, -0.15) is 5.26 Å². The molecule has 1 fully saturated rings. The van der Waals surface area contributed by atoms with Gasteiger partial charge in [0.15, 0.2) is 0 Å². The highest BCUT2D eigenvalue weighted by molar-refractivity contribution is 5.19. The van der Waals surface area contributed by atoms with Gasteiger partial charge in [0.2, 0.25) is 0 Å². The molecule has 1 aromatic rings. The largest absolute Gasteiger partial charge is 0.393 e. The molecule has 0 spiro atoms. The number of aliphatic hydroxyl groups is 1. The fourth-order valence-electron chi connectivity index (χ4n) is 2.47. The lowest BCUT2D eigenvalue weighted by Crippen LogP contribution is -2.29. The Hall–Kier alpha value is -1.40. The summed E-state index contributed by atoms with van der Waals surface area (Å²) in [5, 5.41) is 19.2. The number of nitriles is 1. The highest BCUT2D eigenvalue weighted by Gasteiger charge is 2.32. The highest BCUT2D eigenvalue weighted by Crippen LogP contribution is 2.35. The van der Waals surface area contributed by atoms with Crippen LogP contribution in [0.2, 0.25) is 0 Å². The molecular weight excluding hydrogens is 200 g/mol. The number of nitrogens with zero attached hydrogens (tertiary/aromatic N) is 2. The number of hydrogen-bond acceptors (Lipinski definition) is 3. The third-order valence-electron chi connectivity index (χ3n) is 3.36. The van der Waals surface area contributed by atoms with E-state index in [1.54, 1.807) is 6.20 Å². The van der Waals surface area contributed by atoms with E-state index in [1.807, 2.05) is 18.2 Å². The molecule has 0 saturated heterocycles. The molecular formula is C13H16N2O. The summed E-state index contributed by atoms with van der Waals surface area (Å²) in [5.74, 6) is -0.217. The van der Waals surface area contributed by atoms with Crippen molar-refractivity contribution in [3.8, 4) is 6.07 Å². The summed E-state index contributed by atoms with van der Waals surface area (Å²) < 4.78 is 0. The van der Waals surface area contributed by atoms with Crippen molar-refractivity contribution >= 4 is 0 Å². The van der Waals surface area contributed by atoms with E-state index in [1.165, 1.54) is 0 Å². The van der Waals surface area contributed by atoms with Crippen LogP contribution < -0.4 is 0 Å². The summed E-state index contributed by atoms with van der Waals surface area (Å²) in [6.07, 6.45) is 5.27. The second-order valence-electron chi connectivity index (χ2n) is 4.38. The van der Waals surface area contributed by atoms with Crippen LogP contribution in [-0.4, -0.2) is 16.2 Å². The van der Waals surface area contributed by atoms with Crippen molar-refractivity contribution in [1.29, 1.82) is 5.26 Å². The second kappa shape index (κ2) is 5.09. The van der Waals surface area contributed by atoms with Crippen molar-refractivity contribution in [1.82, 2.24) is 4.98 Å². The fraction of sp³-hybridized carbons (Fsp3) is 0.538. The van der Waals surface area contributed by atoms with Gasteiger partial charge in [0.05, 0.1) is 23.8 Å². The number of aromatic nitrogens is 1. The fourth-order valence-corrected chi connectivity index (χ4v) is 2.47. The average molecular weight is 216 g/mol. The number of hydrogen-bond donors (Lipinski definition) is 1. The lowest BCUT2D eigenvalue weighted by Gasteiger charge is -2.30. The Morgan fingerprint density at radius 2 is 2.19 bits per heavy atom. The third kappa shape index (κ3) is 2.23. The standard InChI is InChI=1S/C13H16N2O/c14-9-11(12-6-3-4-8-15-12)10-5-1-2-7-13(10)16/h3-4,6,8,10-11,13,16H,1-2,5,7H2/t10-,11?,13+/m0/s1. The van der Waals surface area contributed by atoms with Gasteiger partial charge in [0.1, 0.15) is 0 Å². The molecule has 1 aromatic heterocycles. The number of aliphatic hydroxyl groups excluding tert-OH is 1. The first-order valence-electron chi connectivity index (χ1n) is 5.81. The van der Waals surface area contributed by atoms with Gasteiger partial charge < -0.3 is 5.11 Å². The van der Waals surface area contributed by atoms with E-state index >= 15 is 0 Å². The maximum atomic E-state index is 9.95. The van der Waals surface area contributed by atoms with Gasteiger partial charge in [-0.15, -0.1) is 0 Å². The van der Waals surface area contributed by atoms with Crippen LogP contribution in [0, 0.1) is 17.2 Å². The maximum absolute atomic E-state index is 9.95. The first-order valence-corrected chi connectivity index (χ1v) is 5.81. The van der Waals surface area contributed by atoms with Gasteiger partial charge in [-0.3, -0.25) is 4.98 Å². The lowest BCUT2D eigenvalue weighted by molar-refractivity contribution is 0.0630. The minimum Gasteiger partial charge on any atom is -0.393 e. The monoisotopic (exact) mass is 216 g/mol. The minimum absolute atomic E-state index is 0.0497. The average Bonchev–Trinajstić information content (AvgIpc) is 2.34. The Morgan fingerprint density at radius 1 is 1.38 bits per heavy atom. The Morgan fingerprint density at radius 3 is 2.81 bits per heavy atom. The zero-order valence-electron chi connectivity index (χ0n) is 9.21. The van der Waals surface area contributed by atoms with Gasteiger partial charge in [-0.1, -0.05) is 18.9 Å². The summed E-state index contributed by atoms with van der Waals surface area (Å²) in [6.45, 7) is 0. The van der Waals surface area contributed by atoms with Crippen molar-refractivity contribution in [2.75, 3.05) is 0 Å². The summed E-state index contributed by atoms with van der Waals surface area (Å²) in [6, 6.07) is 7.90. The molecule has 0 aliphatic heterocycles. The molecule has 1 unspecified atom stereocenters. The van der Waals surface area contributed by atoms with E-state index < -0.39 is 0 Å². The number of pyridine rings is 1. The van der Waals surface area contributed by atoms with E-state index in [4.69, 9.17) is 0 Å². The van der Waals surface area contributed by atoms with Crippen molar-refractivity contribution in [3.63, 3.8) is 0 Å². The van der Waals surface area contributed by atoms with Crippen molar-refractivity contribution in [2.24, 2.45) is 5.92 Å². The van der Waals surface area contributed by atoms with Crippen molar-refractivity contribution < 1.29 is 5.11 Å². The molecule has 1 saturated carbocycles. The second-order valence-corrected chi connectivity index (χ2v) is 4.38. The zero-order chi connectivity index (χ0) is 11.4. The normalized spacial score (nSPS) is 27.0. The van der Waals surface area contributed by atoms with E-state index in [0.29, 0.717) is 0 Å². The van der Waals surface area contributed by atoms with Crippen molar-refractivity contribution in [2.45, 2.75) is 37.7 Å². The van der Waals surface area contributed by atoms with E-state index in [2.05, 4.69) is 11.1 Å². The van der Waals surface area contributed by atoms with Crippen LogP contribution in [0.4, 0.5) is 0 Å². The zero-order valence-corrected chi connectivity index (χ0v) is 9.21. The first-order chi connectivity index (χ1) is 7.83. The summed E-state index contributed by atoms with van der Waals surface area (Å²) >= 11 is 0. The quantitative estimate of drug-likeness (QED) is 0.824. The Labute approximate surface area is 95.8 Å². The maximum Gasteiger partial charge on any atom is 0.0937 e. The van der Waals surface area contributed by atoms with Crippen molar-refractivity contribution in [3.05, 3.63) is 30.1 Å². The van der Waals surface area contributed by atoms with Gasteiger partial charge in [0.25, 0.3) is 0 Å². The Bertz CT molecular complexity index is 371. The van der Waals surface area contributed by atoms with E-state index in [9.17, 15) is 10.4 Å². The Kier molecular flexibility index (Phi) is 3.53.